The summed E-state index contributed by atoms with van der Waals surface area (Å²) in [7, 11) is 1.80. The van der Waals surface area contributed by atoms with Crippen LogP contribution in [0.1, 0.15) is 23.8 Å². The molecule has 2 aromatic heterocycles. The molecule has 0 radical (unpaired) electrons. The highest BCUT2D eigenvalue weighted by molar-refractivity contribution is 14.0. The third kappa shape index (κ3) is 7.68. The Morgan fingerprint density at radius 2 is 2.03 bits per heavy atom. The fourth-order valence-electron chi connectivity index (χ4n) is 3.45. The van der Waals surface area contributed by atoms with Gasteiger partial charge in [0, 0.05) is 56.9 Å². The van der Waals surface area contributed by atoms with Crippen molar-refractivity contribution in [2.24, 2.45) is 4.99 Å². The number of pyridine rings is 1. The zero-order chi connectivity index (χ0) is 20.3. The third-order valence-electron chi connectivity index (χ3n) is 5.06. The number of rotatable bonds is 9. The number of aliphatic imine (C=N–C) groups is 1. The van der Waals surface area contributed by atoms with Gasteiger partial charge in [0.15, 0.2) is 5.96 Å². The Hall–Kier alpha value is -1.43. The first-order valence-electron chi connectivity index (χ1n) is 10.2. The van der Waals surface area contributed by atoms with Crippen molar-refractivity contribution in [2.45, 2.75) is 25.4 Å². The molecule has 0 saturated carbocycles. The Morgan fingerprint density at radius 3 is 2.73 bits per heavy atom. The lowest BCUT2D eigenvalue weighted by Gasteiger charge is -2.34. The van der Waals surface area contributed by atoms with E-state index in [1.54, 1.807) is 35.1 Å². The van der Waals surface area contributed by atoms with Crippen LogP contribution in [0.4, 0.5) is 0 Å². The van der Waals surface area contributed by atoms with Gasteiger partial charge in [0.1, 0.15) is 0 Å². The lowest BCUT2D eigenvalue weighted by molar-refractivity contribution is 0.0177. The summed E-state index contributed by atoms with van der Waals surface area (Å²) in [5.41, 5.74) is 0.0562. The van der Waals surface area contributed by atoms with Crippen molar-refractivity contribution in [2.75, 3.05) is 46.4 Å². The molecule has 0 amide bonds. The normalized spacial score (nSPS) is 16.0. The maximum absolute atomic E-state index is 11.7. The van der Waals surface area contributed by atoms with Crippen LogP contribution in [0.3, 0.4) is 0 Å². The summed E-state index contributed by atoms with van der Waals surface area (Å²) >= 11 is 1.80. The average molecular weight is 545 g/mol. The molecule has 1 aliphatic rings. The summed E-state index contributed by atoms with van der Waals surface area (Å²) in [6.07, 6.45) is 3.76. The van der Waals surface area contributed by atoms with Gasteiger partial charge in [-0.25, -0.2) is 0 Å². The zero-order valence-electron chi connectivity index (χ0n) is 17.5. The maximum Gasteiger partial charge on any atom is 0.250 e. The lowest BCUT2D eigenvalue weighted by Crippen LogP contribution is -2.46. The monoisotopic (exact) mass is 545 g/mol. The van der Waals surface area contributed by atoms with Crippen LogP contribution in [-0.4, -0.2) is 61.9 Å². The fourth-order valence-corrected chi connectivity index (χ4v) is 4.31. The van der Waals surface area contributed by atoms with Gasteiger partial charge in [-0.15, -0.1) is 35.3 Å². The summed E-state index contributed by atoms with van der Waals surface area (Å²) in [5, 5.41) is 9.00. The number of hydrogen-bond donors (Lipinski definition) is 2. The Bertz CT molecular complexity index is 806. The van der Waals surface area contributed by atoms with Crippen molar-refractivity contribution < 1.29 is 4.74 Å². The predicted octanol–water partition coefficient (Wildman–Crippen LogP) is 2.55. The molecule has 3 rings (SSSR count). The molecule has 1 atom stereocenters. The smallest absolute Gasteiger partial charge is 0.250 e. The summed E-state index contributed by atoms with van der Waals surface area (Å²) < 4.78 is 7.26. The number of halogens is 1. The van der Waals surface area contributed by atoms with E-state index >= 15 is 0 Å². The molecule has 2 N–H and O–H groups in total. The Kier molecular flexibility index (Phi) is 11.4. The second kappa shape index (κ2) is 13.8. The van der Waals surface area contributed by atoms with Crippen molar-refractivity contribution in [3.05, 3.63) is 57.1 Å². The number of morpholine rings is 1. The number of aromatic nitrogens is 1. The molecular weight excluding hydrogens is 513 g/mol. The van der Waals surface area contributed by atoms with Crippen LogP contribution in [0.2, 0.25) is 0 Å². The Labute approximate surface area is 199 Å². The van der Waals surface area contributed by atoms with E-state index in [4.69, 9.17) is 4.74 Å². The van der Waals surface area contributed by atoms with Crippen LogP contribution in [0.15, 0.2) is 51.7 Å². The van der Waals surface area contributed by atoms with Gasteiger partial charge >= 0.3 is 0 Å². The van der Waals surface area contributed by atoms with Gasteiger partial charge in [0.05, 0.1) is 19.3 Å². The van der Waals surface area contributed by atoms with Gasteiger partial charge in [0.2, 0.25) is 5.56 Å². The van der Waals surface area contributed by atoms with E-state index in [9.17, 15) is 4.79 Å². The van der Waals surface area contributed by atoms with E-state index in [1.807, 2.05) is 12.3 Å². The third-order valence-corrected chi connectivity index (χ3v) is 6.04. The first kappa shape index (κ1) is 24.8. The topological polar surface area (TPSA) is 70.9 Å². The van der Waals surface area contributed by atoms with Gasteiger partial charge in [-0.1, -0.05) is 12.1 Å². The first-order valence-corrected chi connectivity index (χ1v) is 11.1. The van der Waals surface area contributed by atoms with Gasteiger partial charge in [-0.05, 0) is 30.4 Å². The van der Waals surface area contributed by atoms with Gasteiger partial charge in [-0.3, -0.25) is 14.7 Å². The molecule has 7 nitrogen and oxygen atoms in total. The van der Waals surface area contributed by atoms with E-state index < -0.39 is 0 Å². The van der Waals surface area contributed by atoms with Crippen LogP contribution < -0.4 is 16.2 Å². The van der Waals surface area contributed by atoms with Crippen molar-refractivity contribution in [1.82, 2.24) is 20.1 Å². The molecule has 3 heterocycles. The lowest BCUT2D eigenvalue weighted by atomic mass is 10.2. The minimum Gasteiger partial charge on any atom is -0.379 e. The van der Waals surface area contributed by atoms with E-state index in [0.717, 1.165) is 64.7 Å². The molecule has 0 aliphatic carbocycles. The number of guanidine groups is 1. The van der Waals surface area contributed by atoms with Gasteiger partial charge in [-0.2, -0.15) is 0 Å². The van der Waals surface area contributed by atoms with Crippen molar-refractivity contribution >= 4 is 41.3 Å². The summed E-state index contributed by atoms with van der Waals surface area (Å²) in [6, 6.07) is 9.90. The van der Waals surface area contributed by atoms with E-state index in [2.05, 4.69) is 38.0 Å². The van der Waals surface area contributed by atoms with Crippen molar-refractivity contribution in [3.63, 3.8) is 0 Å². The minimum atomic E-state index is 0. The summed E-state index contributed by atoms with van der Waals surface area (Å²) in [6.45, 7) is 5.86. The number of nitrogens with zero attached hydrogens (tertiary/aromatic N) is 3. The van der Waals surface area contributed by atoms with Gasteiger partial charge in [0.25, 0.3) is 0 Å². The average Bonchev–Trinajstić information content (AvgIpc) is 3.29. The summed E-state index contributed by atoms with van der Waals surface area (Å²) in [4.78, 5) is 19.9. The molecule has 0 bridgehead atoms. The molecule has 9 heteroatoms. The highest BCUT2D eigenvalue weighted by Crippen LogP contribution is 2.25. The van der Waals surface area contributed by atoms with Crippen LogP contribution in [0, 0.1) is 0 Å². The zero-order valence-corrected chi connectivity index (χ0v) is 20.6. The van der Waals surface area contributed by atoms with Gasteiger partial charge < -0.3 is 19.9 Å². The first-order chi connectivity index (χ1) is 14.3. The highest BCUT2D eigenvalue weighted by Gasteiger charge is 2.23. The second-order valence-corrected chi connectivity index (χ2v) is 7.98. The van der Waals surface area contributed by atoms with E-state index in [-0.39, 0.29) is 29.5 Å². The molecule has 1 aliphatic heterocycles. The van der Waals surface area contributed by atoms with E-state index in [1.165, 1.54) is 4.88 Å². The number of thiophene rings is 1. The predicted molar refractivity (Wildman–Crippen MR) is 134 cm³/mol. The molecule has 1 unspecified atom stereocenters. The minimum absolute atomic E-state index is 0. The second-order valence-electron chi connectivity index (χ2n) is 7.00. The van der Waals surface area contributed by atoms with Crippen LogP contribution in [0.5, 0.6) is 0 Å². The van der Waals surface area contributed by atoms with Crippen molar-refractivity contribution in [1.29, 1.82) is 0 Å². The molecule has 30 heavy (non-hydrogen) atoms. The van der Waals surface area contributed by atoms with E-state index in [0.29, 0.717) is 6.04 Å². The quantitative estimate of drug-likeness (QED) is 0.220. The molecule has 1 fully saturated rings. The molecular formula is C21H32IN5O2S. The van der Waals surface area contributed by atoms with Crippen LogP contribution >= 0.6 is 35.3 Å². The maximum atomic E-state index is 11.7. The fraction of sp³-hybridized carbons (Fsp3) is 0.524. The number of unbranched alkanes of at least 4 members (excludes halogenated alkanes) is 1. The number of ether oxygens (including phenoxy) is 1. The largest absolute Gasteiger partial charge is 0.379 e. The van der Waals surface area contributed by atoms with Crippen molar-refractivity contribution in [3.8, 4) is 0 Å². The number of aryl methyl sites for hydroxylation is 1. The molecule has 0 aromatic carbocycles. The number of nitrogens with one attached hydrogen (secondary N) is 2. The highest BCUT2D eigenvalue weighted by atomic mass is 127. The SMILES string of the molecule is CN=C(NCCCCn1ccccc1=O)NCC(c1cccs1)N1CCOCC1.I. The van der Waals surface area contributed by atoms with Crippen LogP contribution in [-0.2, 0) is 11.3 Å². The number of hydrogen-bond acceptors (Lipinski definition) is 5. The Morgan fingerprint density at radius 1 is 1.20 bits per heavy atom. The molecule has 2 aromatic rings. The molecule has 166 valence electrons. The molecule has 1 saturated heterocycles. The Balaban J connectivity index is 0.00000320. The van der Waals surface area contributed by atoms with Crippen LogP contribution in [0.25, 0.3) is 0 Å². The standard InChI is InChI=1S/C21H31N5O2S.HI/c1-22-21(23-9-3-5-11-26-10-4-2-8-20(26)27)24-17-18(19-7-6-16-29-19)25-12-14-28-15-13-25;/h2,4,6-8,10,16,18H,3,5,9,11-15,17H2,1H3,(H2,22,23,24);1H. The molecule has 0 spiro atoms. The summed E-state index contributed by atoms with van der Waals surface area (Å²) in [5.74, 6) is 0.816.